The van der Waals surface area contributed by atoms with Crippen LogP contribution in [0.5, 0.6) is 0 Å². The molecule has 59 heavy (non-hydrogen) atoms. The number of benzene rings is 5. The summed E-state index contributed by atoms with van der Waals surface area (Å²) in [5, 5.41) is 15.9. The first-order valence-corrected chi connectivity index (χ1v) is 20.4. The highest BCUT2D eigenvalue weighted by Gasteiger charge is 2.51. The number of para-hydroxylation sites is 3. The molecule has 0 saturated carbocycles. The maximum atomic E-state index is 13.4. The summed E-state index contributed by atoms with van der Waals surface area (Å²) in [5.41, 5.74) is 7.94. The van der Waals surface area contributed by atoms with E-state index in [2.05, 4.69) is 73.7 Å². The number of piperidine rings is 1. The molecule has 11 heteroatoms. The van der Waals surface area contributed by atoms with Gasteiger partial charge in [-0.1, -0.05) is 97.9 Å². The molecule has 3 fully saturated rings. The maximum absolute atomic E-state index is 13.4. The molecule has 4 heterocycles. The molecule has 5 aromatic carbocycles. The second kappa shape index (κ2) is 16.7. The molecule has 1 aromatic heterocycles. The third-order valence-electron chi connectivity index (χ3n) is 12.2. The van der Waals surface area contributed by atoms with Gasteiger partial charge in [-0.2, -0.15) is 0 Å². The van der Waals surface area contributed by atoms with Crippen LogP contribution in [0.3, 0.4) is 0 Å². The first-order valence-electron chi connectivity index (χ1n) is 20.4. The van der Waals surface area contributed by atoms with Gasteiger partial charge in [0.2, 0.25) is 5.91 Å². The molecule has 9 rings (SSSR count). The van der Waals surface area contributed by atoms with Crippen molar-refractivity contribution in [2.45, 2.75) is 57.0 Å². The van der Waals surface area contributed by atoms with Gasteiger partial charge in [-0.15, -0.1) is 0 Å². The van der Waals surface area contributed by atoms with Crippen LogP contribution in [0.4, 0.5) is 5.69 Å². The Morgan fingerprint density at radius 2 is 1.56 bits per heavy atom. The number of aliphatic hydroxyl groups is 1. The minimum absolute atomic E-state index is 0.0216. The second-order valence-electron chi connectivity index (χ2n) is 15.8. The number of hydrogen-bond donors (Lipinski definition) is 3. The molecule has 4 atom stereocenters. The van der Waals surface area contributed by atoms with E-state index in [0.717, 1.165) is 70.5 Å². The van der Waals surface area contributed by atoms with Crippen molar-refractivity contribution in [3.63, 3.8) is 0 Å². The lowest BCUT2D eigenvalue weighted by Gasteiger charge is -2.46. The van der Waals surface area contributed by atoms with E-state index in [4.69, 9.17) is 9.47 Å². The van der Waals surface area contributed by atoms with Crippen LogP contribution in [-0.4, -0.2) is 69.7 Å². The number of anilines is 1. The van der Waals surface area contributed by atoms with E-state index in [0.29, 0.717) is 25.3 Å². The van der Waals surface area contributed by atoms with Gasteiger partial charge >= 0.3 is 0 Å². The molecular weight excluding hydrogens is 741 g/mol. The third-order valence-corrected chi connectivity index (χ3v) is 12.2. The Balaban J connectivity index is 0.918. The number of aliphatic hydroxyl groups excluding tert-OH is 1. The Kier molecular flexibility index (Phi) is 10.9. The molecule has 3 saturated heterocycles. The van der Waals surface area contributed by atoms with Crippen molar-refractivity contribution in [1.29, 1.82) is 0 Å². The first kappa shape index (κ1) is 38.5. The zero-order valence-corrected chi connectivity index (χ0v) is 33.0. The summed E-state index contributed by atoms with van der Waals surface area (Å²) < 4.78 is 13.8. The molecule has 0 bridgehead atoms. The number of nitrogens with one attached hydrogen (secondary N) is 2. The van der Waals surface area contributed by atoms with Crippen LogP contribution in [0.1, 0.15) is 64.9 Å². The van der Waals surface area contributed by atoms with E-state index >= 15 is 0 Å². The number of ether oxygens (including phenoxy) is 2. The van der Waals surface area contributed by atoms with Crippen LogP contribution in [-0.2, 0) is 27.4 Å². The van der Waals surface area contributed by atoms with Crippen LogP contribution in [0.2, 0.25) is 0 Å². The second-order valence-corrected chi connectivity index (χ2v) is 15.8. The Labute approximate surface area is 344 Å². The van der Waals surface area contributed by atoms with Crippen molar-refractivity contribution in [2.24, 2.45) is 5.92 Å². The number of hydrogen-bond acceptors (Lipinski definition) is 9. The lowest BCUT2D eigenvalue weighted by molar-refractivity contribution is -0.276. The predicted octanol–water partition coefficient (Wildman–Crippen LogP) is 6.94. The Hall–Kier alpha value is -5.98. The molecule has 4 unspecified atom stereocenters. The highest BCUT2D eigenvalue weighted by molar-refractivity contribution is 5.94. The topological polar surface area (TPSA) is 129 Å². The smallest absolute Gasteiger partial charge is 0.271 e. The molecular formula is C48H48N6O5. The Morgan fingerprint density at radius 1 is 0.831 bits per heavy atom. The Bertz CT molecular complexity index is 2440. The fraction of sp³-hybridized carbons (Fsp3) is 0.292. The summed E-state index contributed by atoms with van der Waals surface area (Å²) in [5.74, 6) is -0.156. The van der Waals surface area contributed by atoms with E-state index < -0.39 is 11.8 Å². The molecule has 3 N–H and O–H groups in total. The van der Waals surface area contributed by atoms with Crippen molar-refractivity contribution < 1.29 is 24.2 Å². The summed E-state index contributed by atoms with van der Waals surface area (Å²) in [7, 11) is 0. The number of amides is 2. The standard InChI is InChI=1S/C48H48N6O5/c1-32-43(29-53-23-21-48(22-24-53)47(57)51-31-54(48)39-13-3-2-4-14-39)58-46(59-44(32)35-19-17-33(30-55)18-20-35)38-12-8-11-37(26-38)36-10-7-9-34(25-36)27-50-45(56)42-28-49-40-15-5-6-16-41(40)52-42/h2-20,25-26,28,32,43-44,46,55H,21-24,27,29-31H2,1H3,(H,50,56)(H,51,57). The summed E-state index contributed by atoms with van der Waals surface area (Å²) in [6.45, 7) is 5.26. The molecule has 11 nitrogen and oxygen atoms in total. The van der Waals surface area contributed by atoms with Gasteiger partial charge in [0.1, 0.15) is 11.2 Å². The number of fused-ring (bicyclic) bond motifs is 1. The number of likely N-dealkylation sites (tertiary alicyclic amines) is 1. The number of aromatic nitrogens is 2. The summed E-state index contributed by atoms with van der Waals surface area (Å²) in [6.07, 6.45) is 1.92. The lowest BCUT2D eigenvalue weighted by Crippen LogP contribution is -2.57. The summed E-state index contributed by atoms with van der Waals surface area (Å²) >= 11 is 0. The zero-order valence-electron chi connectivity index (χ0n) is 33.0. The number of carbonyl (C=O) groups is 2. The van der Waals surface area contributed by atoms with E-state index in [1.807, 2.05) is 91.0 Å². The highest BCUT2D eigenvalue weighted by Crippen LogP contribution is 2.43. The average Bonchev–Trinajstić information content (AvgIpc) is 3.61. The SMILES string of the molecule is CC1C(CN2CCC3(CC2)C(=O)NCN3c2ccccc2)OC(c2cccc(-c3cccc(CNC(=O)c4cnc5ccccc5n4)c3)c2)OC1c1ccc(CO)cc1. The van der Waals surface area contributed by atoms with Crippen molar-refractivity contribution in [3.8, 4) is 11.1 Å². The molecule has 0 aliphatic carbocycles. The van der Waals surface area contributed by atoms with Gasteiger partial charge in [0.25, 0.3) is 5.91 Å². The van der Waals surface area contributed by atoms with Crippen molar-refractivity contribution in [1.82, 2.24) is 25.5 Å². The highest BCUT2D eigenvalue weighted by atomic mass is 16.7. The van der Waals surface area contributed by atoms with Crippen LogP contribution in [0, 0.1) is 5.92 Å². The molecule has 3 aliphatic rings. The van der Waals surface area contributed by atoms with Gasteiger partial charge in [0.05, 0.1) is 42.7 Å². The van der Waals surface area contributed by atoms with E-state index in [9.17, 15) is 14.7 Å². The minimum Gasteiger partial charge on any atom is -0.392 e. The van der Waals surface area contributed by atoms with Crippen molar-refractivity contribution >= 4 is 28.5 Å². The van der Waals surface area contributed by atoms with Crippen LogP contribution in [0.15, 0.2) is 134 Å². The predicted molar refractivity (Wildman–Crippen MR) is 226 cm³/mol. The van der Waals surface area contributed by atoms with Crippen LogP contribution in [0.25, 0.3) is 22.2 Å². The lowest BCUT2D eigenvalue weighted by atomic mass is 9.84. The molecule has 300 valence electrons. The normalized spacial score (nSPS) is 21.7. The van der Waals surface area contributed by atoms with Gasteiger partial charge in [-0.05, 0) is 77.1 Å². The number of carbonyl (C=O) groups excluding carboxylic acids is 2. The monoisotopic (exact) mass is 788 g/mol. The largest absolute Gasteiger partial charge is 0.392 e. The van der Waals surface area contributed by atoms with Gasteiger partial charge < -0.3 is 35.0 Å². The Morgan fingerprint density at radius 3 is 2.34 bits per heavy atom. The van der Waals surface area contributed by atoms with Crippen LogP contribution < -0.4 is 15.5 Å². The molecule has 3 aliphatic heterocycles. The molecule has 2 amide bonds. The average molecular weight is 789 g/mol. The van der Waals surface area contributed by atoms with Crippen LogP contribution >= 0.6 is 0 Å². The maximum Gasteiger partial charge on any atom is 0.271 e. The summed E-state index contributed by atoms with van der Waals surface area (Å²) in [4.78, 5) is 40.0. The van der Waals surface area contributed by atoms with E-state index in [1.54, 1.807) is 0 Å². The molecule has 0 radical (unpaired) electrons. The third kappa shape index (κ3) is 7.94. The quantitative estimate of drug-likeness (QED) is 0.135. The van der Waals surface area contributed by atoms with Gasteiger partial charge in [-0.25, -0.2) is 4.98 Å². The first-order chi connectivity index (χ1) is 28.9. The van der Waals surface area contributed by atoms with Crippen molar-refractivity contribution in [3.05, 3.63) is 162 Å². The summed E-state index contributed by atoms with van der Waals surface area (Å²) in [6, 6.07) is 42.1. The molecule has 6 aromatic rings. The fourth-order valence-electron chi connectivity index (χ4n) is 8.79. The fourth-order valence-corrected chi connectivity index (χ4v) is 8.79. The van der Waals surface area contributed by atoms with Crippen molar-refractivity contribution in [2.75, 3.05) is 31.2 Å². The van der Waals surface area contributed by atoms with E-state index in [-0.39, 0.29) is 42.2 Å². The molecule has 1 spiro atoms. The van der Waals surface area contributed by atoms with E-state index in [1.165, 1.54) is 6.20 Å². The zero-order chi connectivity index (χ0) is 40.3. The van der Waals surface area contributed by atoms with Gasteiger partial charge in [0, 0.05) is 43.3 Å². The minimum atomic E-state index is -0.630. The van der Waals surface area contributed by atoms with Gasteiger partial charge in [-0.3, -0.25) is 14.6 Å². The number of nitrogens with zero attached hydrogens (tertiary/aromatic N) is 4. The van der Waals surface area contributed by atoms with Gasteiger partial charge in [0.15, 0.2) is 6.29 Å². The number of rotatable bonds is 10.